The van der Waals surface area contributed by atoms with Crippen molar-refractivity contribution in [2.45, 2.75) is 18.7 Å². The lowest BCUT2D eigenvalue weighted by Crippen LogP contribution is -1.99. The largest absolute Gasteiger partial charge is 0.263 e. The van der Waals surface area contributed by atoms with Crippen molar-refractivity contribution < 1.29 is 8.42 Å². The Morgan fingerprint density at radius 2 is 2.00 bits per heavy atom. The standard InChI is InChI=1S/C7H8ClNO2S/c1-5-3-4-9-6(2)7(5)12(8,10)11/h3-4H,1-2H3. The summed E-state index contributed by atoms with van der Waals surface area (Å²) in [5.74, 6) is 0. The molecule has 66 valence electrons. The van der Waals surface area contributed by atoms with E-state index in [1.165, 1.54) is 0 Å². The van der Waals surface area contributed by atoms with Crippen LogP contribution in [0.15, 0.2) is 17.2 Å². The van der Waals surface area contributed by atoms with Crippen LogP contribution in [0.25, 0.3) is 0 Å². The summed E-state index contributed by atoms with van der Waals surface area (Å²) < 4.78 is 22.0. The smallest absolute Gasteiger partial charge is 0.260 e. The molecular weight excluding hydrogens is 198 g/mol. The van der Waals surface area contributed by atoms with Crippen LogP contribution < -0.4 is 0 Å². The van der Waals surface area contributed by atoms with E-state index in [-0.39, 0.29) is 4.90 Å². The first-order chi connectivity index (χ1) is 5.43. The first kappa shape index (κ1) is 9.48. The maximum absolute atomic E-state index is 11.0. The van der Waals surface area contributed by atoms with Crippen LogP contribution in [0.3, 0.4) is 0 Å². The molecule has 0 saturated carbocycles. The third-order valence-electron chi connectivity index (χ3n) is 1.52. The Morgan fingerprint density at radius 3 is 2.33 bits per heavy atom. The first-order valence-corrected chi connectivity index (χ1v) is 5.60. The van der Waals surface area contributed by atoms with Gasteiger partial charge in [0.15, 0.2) is 0 Å². The highest BCUT2D eigenvalue weighted by Crippen LogP contribution is 2.21. The second kappa shape index (κ2) is 3.03. The lowest BCUT2D eigenvalue weighted by atomic mass is 10.2. The van der Waals surface area contributed by atoms with Crippen molar-refractivity contribution in [3.8, 4) is 0 Å². The molecule has 1 aromatic rings. The number of rotatable bonds is 1. The van der Waals surface area contributed by atoms with Gasteiger partial charge in [-0.25, -0.2) is 8.42 Å². The number of hydrogen-bond donors (Lipinski definition) is 0. The summed E-state index contributed by atoms with van der Waals surface area (Å²) in [5, 5.41) is 0. The Balaban J connectivity index is 3.53. The zero-order chi connectivity index (χ0) is 9.35. The molecule has 0 amide bonds. The van der Waals surface area contributed by atoms with Crippen LogP contribution in [-0.2, 0) is 9.05 Å². The van der Waals surface area contributed by atoms with E-state index in [1.54, 1.807) is 26.1 Å². The first-order valence-electron chi connectivity index (χ1n) is 3.30. The SMILES string of the molecule is Cc1ccnc(C)c1S(=O)(=O)Cl. The minimum atomic E-state index is -3.65. The molecule has 5 heteroatoms. The lowest BCUT2D eigenvalue weighted by Gasteiger charge is -2.03. The zero-order valence-electron chi connectivity index (χ0n) is 6.70. The van der Waals surface area contributed by atoms with E-state index in [1.807, 2.05) is 0 Å². The van der Waals surface area contributed by atoms with E-state index in [4.69, 9.17) is 10.7 Å². The summed E-state index contributed by atoms with van der Waals surface area (Å²) in [4.78, 5) is 3.96. The number of pyridine rings is 1. The average Bonchev–Trinajstić information content (AvgIpc) is 1.82. The van der Waals surface area contributed by atoms with Gasteiger partial charge in [-0.1, -0.05) is 0 Å². The molecule has 0 spiro atoms. The second-order valence-corrected chi connectivity index (χ2v) is 4.98. The van der Waals surface area contributed by atoms with Crippen molar-refractivity contribution in [1.82, 2.24) is 4.98 Å². The van der Waals surface area contributed by atoms with Crippen molar-refractivity contribution in [3.63, 3.8) is 0 Å². The molecule has 3 nitrogen and oxygen atoms in total. The van der Waals surface area contributed by atoms with Crippen molar-refractivity contribution in [3.05, 3.63) is 23.5 Å². The summed E-state index contributed by atoms with van der Waals surface area (Å²) in [7, 11) is 1.55. The van der Waals surface area contributed by atoms with Gasteiger partial charge in [0, 0.05) is 16.9 Å². The maximum atomic E-state index is 11.0. The van der Waals surface area contributed by atoms with Gasteiger partial charge < -0.3 is 0 Å². The molecule has 0 atom stereocenters. The quantitative estimate of drug-likeness (QED) is 0.655. The van der Waals surface area contributed by atoms with Gasteiger partial charge in [0.2, 0.25) is 0 Å². The predicted molar refractivity (Wildman–Crippen MR) is 46.7 cm³/mol. The molecule has 0 saturated heterocycles. The van der Waals surface area contributed by atoms with Crippen molar-refractivity contribution in [2.75, 3.05) is 0 Å². The molecule has 0 radical (unpaired) electrons. The van der Waals surface area contributed by atoms with Gasteiger partial charge in [-0.05, 0) is 25.5 Å². The van der Waals surface area contributed by atoms with Gasteiger partial charge in [0.25, 0.3) is 9.05 Å². The fraction of sp³-hybridized carbons (Fsp3) is 0.286. The Bertz CT molecular complexity index is 380. The van der Waals surface area contributed by atoms with Gasteiger partial charge in [-0.2, -0.15) is 0 Å². The van der Waals surface area contributed by atoms with Crippen LogP contribution in [0.2, 0.25) is 0 Å². The number of aromatic nitrogens is 1. The summed E-state index contributed by atoms with van der Waals surface area (Å²) in [5.41, 5.74) is 1.06. The average molecular weight is 206 g/mol. The van der Waals surface area contributed by atoms with Crippen LogP contribution in [0.4, 0.5) is 0 Å². The van der Waals surface area contributed by atoms with Crippen LogP contribution in [-0.4, -0.2) is 13.4 Å². The molecule has 1 rings (SSSR count). The summed E-state index contributed by atoms with van der Waals surface area (Å²) in [6.07, 6.45) is 1.55. The van der Waals surface area contributed by atoms with E-state index >= 15 is 0 Å². The summed E-state index contributed by atoms with van der Waals surface area (Å²) in [6, 6.07) is 1.61. The van der Waals surface area contributed by atoms with Gasteiger partial charge in [0.05, 0.1) is 5.69 Å². The van der Waals surface area contributed by atoms with Crippen molar-refractivity contribution in [1.29, 1.82) is 0 Å². The minimum absolute atomic E-state index is 0.117. The molecule has 0 aliphatic heterocycles. The van der Waals surface area contributed by atoms with Crippen molar-refractivity contribution in [2.24, 2.45) is 0 Å². The number of halogens is 1. The molecule has 1 heterocycles. The Kier molecular flexibility index (Phi) is 2.39. The van der Waals surface area contributed by atoms with E-state index in [0.717, 1.165) is 0 Å². The molecule has 0 unspecified atom stereocenters. The van der Waals surface area contributed by atoms with Crippen LogP contribution >= 0.6 is 10.7 Å². The van der Waals surface area contributed by atoms with Crippen LogP contribution in [0.1, 0.15) is 11.3 Å². The molecule has 12 heavy (non-hydrogen) atoms. The second-order valence-electron chi connectivity index (χ2n) is 2.48. The minimum Gasteiger partial charge on any atom is -0.260 e. The molecule has 0 N–H and O–H groups in total. The third-order valence-corrected chi connectivity index (χ3v) is 3.09. The van der Waals surface area contributed by atoms with Crippen molar-refractivity contribution >= 4 is 19.7 Å². The topological polar surface area (TPSA) is 47.0 Å². The van der Waals surface area contributed by atoms with Gasteiger partial charge in [-0.15, -0.1) is 0 Å². The Hall–Kier alpha value is -0.610. The summed E-state index contributed by atoms with van der Waals surface area (Å²) >= 11 is 0. The van der Waals surface area contributed by atoms with Gasteiger partial charge in [-0.3, -0.25) is 4.98 Å². The van der Waals surface area contributed by atoms with E-state index in [9.17, 15) is 8.42 Å². The number of nitrogens with zero attached hydrogens (tertiary/aromatic N) is 1. The molecular formula is C7H8ClNO2S. The lowest BCUT2D eigenvalue weighted by molar-refractivity contribution is 0.608. The molecule has 0 aromatic carbocycles. The van der Waals surface area contributed by atoms with E-state index < -0.39 is 9.05 Å². The highest BCUT2D eigenvalue weighted by molar-refractivity contribution is 8.13. The fourth-order valence-electron chi connectivity index (χ4n) is 1.05. The highest BCUT2D eigenvalue weighted by Gasteiger charge is 2.16. The number of aryl methyl sites for hydroxylation is 2. The van der Waals surface area contributed by atoms with E-state index in [2.05, 4.69) is 4.98 Å². The monoisotopic (exact) mass is 205 g/mol. The summed E-state index contributed by atoms with van der Waals surface area (Å²) in [6.45, 7) is 3.30. The van der Waals surface area contributed by atoms with Crippen LogP contribution in [0.5, 0.6) is 0 Å². The Morgan fingerprint density at radius 1 is 1.42 bits per heavy atom. The fourth-order valence-corrected chi connectivity index (χ4v) is 2.61. The predicted octanol–water partition coefficient (Wildman–Crippen LogP) is 1.63. The molecule has 0 bridgehead atoms. The van der Waals surface area contributed by atoms with Gasteiger partial charge in [0.1, 0.15) is 4.90 Å². The molecule has 0 fully saturated rings. The molecule has 0 aliphatic rings. The van der Waals surface area contributed by atoms with E-state index in [0.29, 0.717) is 11.3 Å². The van der Waals surface area contributed by atoms with Gasteiger partial charge >= 0.3 is 0 Å². The Labute approximate surface area is 75.8 Å². The molecule has 1 aromatic heterocycles. The molecule has 0 aliphatic carbocycles. The maximum Gasteiger partial charge on any atom is 0.263 e. The van der Waals surface area contributed by atoms with Crippen LogP contribution in [0, 0.1) is 13.8 Å². The number of hydrogen-bond acceptors (Lipinski definition) is 3. The zero-order valence-corrected chi connectivity index (χ0v) is 8.28. The normalized spacial score (nSPS) is 11.6. The third kappa shape index (κ3) is 1.76. The highest BCUT2D eigenvalue weighted by atomic mass is 35.7.